The van der Waals surface area contributed by atoms with Gasteiger partial charge in [-0.3, -0.25) is 4.57 Å². The van der Waals surface area contributed by atoms with E-state index in [2.05, 4.69) is 0 Å². The van der Waals surface area contributed by atoms with E-state index >= 15 is 0 Å². The van der Waals surface area contributed by atoms with Gasteiger partial charge in [0, 0.05) is 12.3 Å². The van der Waals surface area contributed by atoms with Gasteiger partial charge in [0.25, 0.3) is 0 Å². The fraction of sp³-hybridized carbons (Fsp3) is 0.571. The van der Waals surface area contributed by atoms with E-state index in [1.165, 1.54) is 6.07 Å². The zero-order chi connectivity index (χ0) is 13.4. The van der Waals surface area contributed by atoms with Gasteiger partial charge < -0.3 is 4.89 Å². The number of hydrogen-bond acceptors (Lipinski definition) is 1. The second-order valence-corrected chi connectivity index (χ2v) is 7.28. The van der Waals surface area contributed by atoms with Gasteiger partial charge in [-0.2, -0.15) is 0 Å². The van der Waals surface area contributed by atoms with Crippen LogP contribution < -0.4 is 0 Å². The Bertz CT molecular complexity index is 407. The van der Waals surface area contributed by atoms with Crippen LogP contribution in [0, 0.1) is 5.82 Å². The lowest BCUT2D eigenvalue weighted by Gasteiger charge is -2.10. The highest BCUT2D eigenvalue weighted by atomic mass is 31.2. The lowest BCUT2D eigenvalue weighted by Crippen LogP contribution is -1.97. The minimum Gasteiger partial charge on any atom is -0.344 e. The van der Waals surface area contributed by atoms with Crippen LogP contribution in [0.4, 0.5) is 4.39 Å². The van der Waals surface area contributed by atoms with Crippen LogP contribution >= 0.6 is 7.37 Å². The van der Waals surface area contributed by atoms with E-state index in [-0.39, 0.29) is 5.82 Å². The van der Waals surface area contributed by atoms with Crippen molar-refractivity contribution >= 4 is 7.37 Å². The summed E-state index contributed by atoms with van der Waals surface area (Å²) in [6.07, 6.45) is 4.62. The lowest BCUT2D eigenvalue weighted by molar-refractivity contribution is 0.472. The van der Waals surface area contributed by atoms with Gasteiger partial charge in [0.1, 0.15) is 5.82 Å². The first-order chi connectivity index (χ1) is 8.55. The highest BCUT2D eigenvalue weighted by molar-refractivity contribution is 7.57. The Morgan fingerprint density at radius 1 is 1.17 bits per heavy atom. The molecule has 0 heterocycles. The molecule has 18 heavy (non-hydrogen) atoms. The highest BCUT2D eigenvalue weighted by Crippen LogP contribution is 2.42. The molecule has 0 bridgehead atoms. The Labute approximate surface area is 109 Å². The minimum absolute atomic E-state index is 0.185. The summed E-state index contributed by atoms with van der Waals surface area (Å²) in [4.78, 5) is 9.68. The molecule has 0 radical (unpaired) electrons. The summed E-state index contributed by atoms with van der Waals surface area (Å²) >= 11 is 0. The van der Waals surface area contributed by atoms with Gasteiger partial charge in [-0.25, -0.2) is 4.39 Å². The Balaban J connectivity index is 2.27. The number of unbranched alkanes of at least 4 members (excludes halogenated alkanes) is 2. The average molecular weight is 272 g/mol. The zero-order valence-electron chi connectivity index (χ0n) is 10.9. The van der Waals surface area contributed by atoms with Crippen molar-refractivity contribution in [2.75, 3.05) is 12.3 Å². The van der Waals surface area contributed by atoms with Crippen molar-refractivity contribution in [3.05, 3.63) is 35.6 Å². The molecular formula is C14H22FO2P. The van der Waals surface area contributed by atoms with Crippen molar-refractivity contribution in [3.8, 4) is 0 Å². The summed E-state index contributed by atoms with van der Waals surface area (Å²) < 4.78 is 25.0. The molecule has 2 nitrogen and oxygen atoms in total. The Morgan fingerprint density at radius 3 is 2.50 bits per heavy atom. The third-order valence-electron chi connectivity index (χ3n) is 3.02. The van der Waals surface area contributed by atoms with Gasteiger partial charge in [0.2, 0.25) is 7.37 Å². The van der Waals surface area contributed by atoms with Crippen LogP contribution in [0.1, 0.15) is 38.2 Å². The maximum atomic E-state index is 13.3. The van der Waals surface area contributed by atoms with Gasteiger partial charge in [-0.1, -0.05) is 31.5 Å². The molecule has 0 amide bonds. The molecule has 1 unspecified atom stereocenters. The molecule has 1 aromatic rings. The van der Waals surface area contributed by atoms with Crippen LogP contribution in [0.25, 0.3) is 0 Å². The monoisotopic (exact) mass is 272 g/mol. The topological polar surface area (TPSA) is 37.3 Å². The van der Waals surface area contributed by atoms with Gasteiger partial charge in [-0.15, -0.1) is 0 Å². The predicted molar refractivity (Wildman–Crippen MR) is 73.8 cm³/mol. The molecule has 1 rings (SSSR count). The van der Waals surface area contributed by atoms with E-state index in [1.807, 2.05) is 13.0 Å². The number of aryl methyl sites for hydroxylation is 1. The zero-order valence-corrected chi connectivity index (χ0v) is 11.8. The Kier molecular flexibility index (Phi) is 6.59. The Hall–Kier alpha value is -0.660. The lowest BCUT2D eigenvalue weighted by atomic mass is 10.1. The molecule has 0 saturated carbocycles. The normalized spacial score (nSPS) is 14.4. The number of rotatable bonds is 8. The van der Waals surface area contributed by atoms with Crippen LogP contribution in [0.3, 0.4) is 0 Å². The number of halogens is 1. The molecule has 102 valence electrons. The summed E-state index contributed by atoms with van der Waals surface area (Å²) in [5.41, 5.74) is 0.693. The van der Waals surface area contributed by atoms with Gasteiger partial charge in [0.15, 0.2) is 0 Å². The first-order valence-electron chi connectivity index (χ1n) is 6.59. The Morgan fingerprint density at radius 2 is 1.83 bits per heavy atom. The summed E-state index contributed by atoms with van der Waals surface area (Å²) in [5.74, 6) is -0.185. The predicted octanol–water partition coefficient (Wildman–Crippen LogP) is 4.22. The second kappa shape index (κ2) is 7.70. The highest BCUT2D eigenvalue weighted by Gasteiger charge is 2.16. The van der Waals surface area contributed by atoms with Crippen molar-refractivity contribution in [1.82, 2.24) is 0 Å². The van der Waals surface area contributed by atoms with Crippen molar-refractivity contribution in [2.45, 2.75) is 39.0 Å². The van der Waals surface area contributed by atoms with Crippen LogP contribution in [0.2, 0.25) is 0 Å². The SMILES string of the molecule is CCCCP(=O)(O)CCCCc1ccccc1F. The average Bonchev–Trinajstić information content (AvgIpc) is 2.34. The smallest absolute Gasteiger partial charge is 0.200 e. The molecule has 1 atom stereocenters. The number of benzene rings is 1. The van der Waals surface area contributed by atoms with E-state index < -0.39 is 7.37 Å². The maximum absolute atomic E-state index is 13.3. The molecule has 4 heteroatoms. The summed E-state index contributed by atoms with van der Waals surface area (Å²) in [5, 5.41) is 0. The molecule has 0 saturated heterocycles. The molecule has 0 aromatic heterocycles. The van der Waals surface area contributed by atoms with Gasteiger partial charge >= 0.3 is 0 Å². The molecule has 0 aliphatic heterocycles. The van der Waals surface area contributed by atoms with Crippen LogP contribution in [-0.2, 0) is 11.0 Å². The van der Waals surface area contributed by atoms with Gasteiger partial charge in [0.05, 0.1) is 0 Å². The van der Waals surface area contributed by atoms with E-state index in [1.54, 1.807) is 12.1 Å². The van der Waals surface area contributed by atoms with E-state index in [9.17, 15) is 13.8 Å². The molecule has 1 aromatic carbocycles. The molecule has 0 aliphatic carbocycles. The van der Waals surface area contributed by atoms with Crippen LogP contribution in [0.5, 0.6) is 0 Å². The van der Waals surface area contributed by atoms with E-state index in [0.717, 1.165) is 19.3 Å². The maximum Gasteiger partial charge on any atom is 0.200 e. The third kappa shape index (κ3) is 5.79. The summed E-state index contributed by atoms with van der Waals surface area (Å²) in [6.45, 7) is 2.01. The standard InChI is InChI=1S/C14H22FO2P/c1-2-3-11-18(16,17)12-7-6-9-13-8-4-5-10-14(13)15/h4-5,8,10H,2-3,6-7,9,11-12H2,1H3,(H,16,17). The minimum atomic E-state index is -2.94. The quantitative estimate of drug-likeness (QED) is 0.568. The number of hydrogen-bond donors (Lipinski definition) is 1. The fourth-order valence-electron chi connectivity index (χ4n) is 1.89. The first-order valence-corrected chi connectivity index (χ1v) is 8.62. The molecule has 0 spiro atoms. The molecule has 0 fully saturated rings. The van der Waals surface area contributed by atoms with Crippen molar-refractivity contribution in [1.29, 1.82) is 0 Å². The fourth-order valence-corrected chi connectivity index (χ4v) is 3.64. The van der Waals surface area contributed by atoms with E-state index in [0.29, 0.717) is 30.7 Å². The van der Waals surface area contributed by atoms with Gasteiger partial charge in [-0.05, 0) is 37.3 Å². The summed E-state index contributed by atoms with van der Waals surface area (Å²) in [6, 6.07) is 6.71. The van der Waals surface area contributed by atoms with E-state index in [4.69, 9.17) is 0 Å². The summed E-state index contributed by atoms with van der Waals surface area (Å²) in [7, 11) is -2.94. The van der Waals surface area contributed by atoms with Crippen molar-refractivity contribution < 1.29 is 13.8 Å². The van der Waals surface area contributed by atoms with Crippen molar-refractivity contribution in [3.63, 3.8) is 0 Å². The largest absolute Gasteiger partial charge is 0.344 e. The van der Waals surface area contributed by atoms with Crippen LogP contribution in [-0.4, -0.2) is 17.2 Å². The molecule has 0 aliphatic rings. The molecular weight excluding hydrogens is 250 g/mol. The second-order valence-electron chi connectivity index (χ2n) is 4.70. The first kappa shape index (κ1) is 15.4. The molecule has 1 N–H and O–H groups in total. The van der Waals surface area contributed by atoms with Crippen molar-refractivity contribution in [2.24, 2.45) is 0 Å². The van der Waals surface area contributed by atoms with Crippen LogP contribution in [0.15, 0.2) is 24.3 Å². The third-order valence-corrected chi connectivity index (χ3v) is 5.05.